The van der Waals surface area contributed by atoms with Gasteiger partial charge >= 0.3 is 0 Å². The molecule has 0 atom stereocenters. The number of H-pyrrole nitrogens is 1. The molecular formula is C28H30N6O2. The Labute approximate surface area is 209 Å². The number of nitrogens with one attached hydrogen (secondary N) is 3. The van der Waals surface area contributed by atoms with E-state index >= 15 is 0 Å². The summed E-state index contributed by atoms with van der Waals surface area (Å²) in [4.78, 5) is 22.2. The Kier molecular flexibility index (Phi) is 6.60. The van der Waals surface area contributed by atoms with Crippen molar-refractivity contribution in [1.29, 1.82) is 0 Å². The molecule has 0 fully saturated rings. The van der Waals surface area contributed by atoms with E-state index in [9.17, 15) is 9.90 Å². The van der Waals surface area contributed by atoms with E-state index in [4.69, 9.17) is 0 Å². The quantitative estimate of drug-likeness (QED) is 0.237. The third kappa shape index (κ3) is 4.63. The van der Waals surface area contributed by atoms with Gasteiger partial charge in [-0.15, -0.1) is 0 Å². The summed E-state index contributed by atoms with van der Waals surface area (Å²) in [5.41, 5.74) is 5.17. The van der Waals surface area contributed by atoms with Gasteiger partial charge in [0.1, 0.15) is 0 Å². The Balaban J connectivity index is 1.31. The van der Waals surface area contributed by atoms with Crippen molar-refractivity contribution in [1.82, 2.24) is 24.6 Å². The van der Waals surface area contributed by atoms with Crippen LogP contribution in [0.1, 0.15) is 24.2 Å². The Morgan fingerprint density at radius 1 is 1.08 bits per heavy atom. The van der Waals surface area contributed by atoms with E-state index in [1.54, 1.807) is 12.4 Å². The molecule has 0 spiro atoms. The van der Waals surface area contributed by atoms with E-state index in [2.05, 4.69) is 39.3 Å². The minimum atomic E-state index is -0.0681. The fraction of sp³-hybridized carbons (Fsp3) is 0.214. The Morgan fingerprint density at radius 2 is 1.89 bits per heavy atom. The fourth-order valence-electron chi connectivity index (χ4n) is 4.46. The van der Waals surface area contributed by atoms with Crippen molar-refractivity contribution in [3.63, 3.8) is 0 Å². The number of aromatic amines is 1. The number of amides is 1. The summed E-state index contributed by atoms with van der Waals surface area (Å²) in [6.45, 7) is 7.67. The van der Waals surface area contributed by atoms with Crippen LogP contribution in [0.25, 0.3) is 27.7 Å². The van der Waals surface area contributed by atoms with Gasteiger partial charge in [0, 0.05) is 53.7 Å². The number of fused-ring (bicyclic) bond motifs is 2. The predicted octanol–water partition coefficient (Wildman–Crippen LogP) is 5.00. The smallest absolute Gasteiger partial charge is 0.251 e. The van der Waals surface area contributed by atoms with E-state index in [1.165, 1.54) is 0 Å². The lowest BCUT2D eigenvalue weighted by atomic mass is 10.1. The molecule has 2 aromatic carbocycles. The van der Waals surface area contributed by atoms with Gasteiger partial charge in [0.25, 0.3) is 5.91 Å². The van der Waals surface area contributed by atoms with E-state index in [0.29, 0.717) is 12.1 Å². The number of carbonyl (C=O) groups is 1. The van der Waals surface area contributed by atoms with Gasteiger partial charge in [0.2, 0.25) is 0 Å². The predicted molar refractivity (Wildman–Crippen MR) is 144 cm³/mol. The van der Waals surface area contributed by atoms with Gasteiger partial charge in [-0.25, -0.2) is 4.98 Å². The highest BCUT2D eigenvalue weighted by molar-refractivity contribution is 5.95. The molecule has 3 heterocycles. The van der Waals surface area contributed by atoms with Gasteiger partial charge in [-0.2, -0.15) is 0 Å². The van der Waals surface area contributed by atoms with Crippen LogP contribution >= 0.6 is 0 Å². The molecule has 0 saturated carbocycles. The first-order chi connectivity index (χ1) is 17.6. The first-order valence-electron chi connectivity index (χ1n) is 12.2. The number of hydrogen-bond acceptors (Lipinski definition) is 5. The average molecular weight is 483 g/mol. The van der Waals surface area contributed by atoms with Crippen LogP contribution in [-0.4, -0.2) is 56.5 Å². The molecule has 0 unspecified atom stereocenters. The molecule has 0 radical (unpaired) electrons. The van der Waals surface area contributed by atoms with Crippen LogP contribution in [0.3, 0.4) is 0 Å². The maximum Gasteiger partial charge on any atom is 0.251 e. The molecule has 0 aliphatic rings. The zero-order valence-electron chi connectivity index (χ0n) is 20.5. The molecule has 36 heavy (non-hydrogen) atoms. The molecule has 0 aliphatic carbocycles. The SMILES string of the molecule is CCN(CC)CCNC(=O)c1ccc(Nc2ccc(-c3ccc4c(O)[nH]cc4c3)n3ccnc23)cc1. The van der Waals surface area contributed by atoms with E-state index < -0.39 is 0 Å². The van der Waals surface area contributed by atoms with Crippen molar-refractivity contribution in [2.75, 3.05) is 31.5 Å². The van der Waals surface area contributed by atoms with Crippen LogP contribution in [-0.2, 0) is 0 Å². The van der Waals surface area contributed by atoms with Gasteiger partial charge in [-0.05, 0) is 67.2 Å². The standard InChI is InChI=1S/C28H30N6O2/c1-3-33(4-2)15-13-30-27(35)19-5-8-22(9-6-19)32-24-11-12-25(34-16-14-29-26(24)34)20-7-10-23-21(17-20)18-31-28(23)36/h5-12,14,16-18,31-32,36H,3-4,13,15H2,1-2H3,(H,30,35). The number of nitrogens with zero attached hydrogens (tertiary/aromatic N) is 3. The molecule has 4 N–H and O–H groups in total. The van der Waals surface area contributed by atoms with Crippen molar-refractivity contribution in [2.24, 2.45) is 0 Å². The van der Waals surface area contributed by atoms with Gasteiger partial charge in [0.15, 0.2) is 11.5 Å². The van der Waals surface area contributed by atoms with Crippen LogP contribution in [0.2, 0.25) is 0 Å². The monoisotopic (exact) mass is 482 g/mol. The van der Waals surface area contributed by atoms with Gasteiger partial charge in [0.05, 0.1) is 11.4 Å². The van der Waals surface area contributed by atoms with Crippen LogP contribution in [0.4, 0.5) is 11.4 Å². The number of likely N-dealkylation sites (N-methyl/N-ethyl adjacent to an activating group) is 1. The number of rotatable bonds is 9. The lowest BCUT2D eigenvalue weighted by Gasteiger charge is -2.18. The van der Waals surface area contributed by atoms with Gasteiger partial charge in [-0.1, -0.05) is 19.9 Å². The zero-order valence-corrected chi connectivity index (χ0v) is 20.5. The average Bonchev–Trinajstić information content (AvgIpc) is 3.54. The number of aromatic nitrogens is 3. The van der Waals surface area contributed by atoms with Gasteiger partial charge < -0.3 is 25.6 Å². The second-order valence-electron chi connectivity index (χ2n) is 8.68. The van der Waals surface area contributed by atoms with Crippen molar-refractivity contribution in [3.8, 4) is 17.1 Å². The summed E-state index contributed by atoms with van der Waals surface area (Å²) in [5, 5.41) is 18.1. The summed E-state index contributed by atoms with van der Waals surface area (Å²) >= 11 is 0. The summed E-state index contributed by atoms with van der Waals surface area (Å²) in [6.07, 6.45) is 5.50. The Morgan fingerprint density at radius 3 is 2.67 bits per heavy atom. The molecule has 8 heteroatoms. The third-order valence-corrected chi connectivity index (χ3v) is 6.55. The second kappa shape index (κ2) is 10.1. The summed E-state index contributed by atoms with van der Waals surface area (Å²) in [5.74, 6) is 0.105. The Bertz CT molecular complexity index is 1500. The van der Waals surface area contributed by atoms with Crippen LogP contribution in [0.5, 0.6) is 5.88 Å². The molecule has 3 aromatic heterocycles. The first kappa shape index (κ1) is 23.4. The van der Waals surface area contributed by atoms with Crippen molar-refractivity contribution in [3.05, 3.63) is 78.8 Å². The highest BCUT2D eigenvalue weighted by Crippen LogP contribution is 2.31. The Hall–Kier alpha value is -4.30. The maximum atomic E-state index is 12.5. The lowest BCUT2D eigenvalue weighted by molar-refractivity contribution is 0.0949. The summed E-state index contributed by atoms with van der Waals surface area (Å²) < 4.78 is 2.04. The number of carbonyl (C=O) groups excluding carboxylic acids is 1. The molecule has 5 aromatic rings. The number of aromatic hydroxyl groups is 1. The molecule has 1 amide bonds. The number of benzene rings is 2. The minimum absolute atomic E-state index is 0.0681. The molecular weight excluding hydrogens is 452 g/mol. The van der Waals surface area contributed by atoms with E-state index in [1.807, 2.05) is 65.2 Å². The topological polar surface area (TPSA) is 97.7 Å². The van der Waals surface area contributed by atoms with Crippen molar-refractivity contribution < 1.29 is 9.90 Å². The van der Waals surface area contributed by atoms with Gasteiger partial charge in [-0.3, -0.25) is 9.20 Å². The lowest BCUT2D eigenvalue weighted by Crippen LogP contribution is -2.34. The summed E-state index contributed by atoms with van der Waals surface area (Å²) in [6, 6.07) is 17.4. The number of anilines is 2. The normalized spacial score (nSPS) is 11.4. The van der Waals surface area contributed by atoms with Crippen molar-refractivity contribution >= 4 is 33.7 Å². The largest absolute Gasteiger partial charge is 0.494 e. The molecule has 8 nitrogen and oxygen atoms in total. The highest BCUT2D eigenvalue weighted by atomic mass is 16.3. The molecule has 0 saturated heterocycles. The van der Waals surface area contributed by atoms with Crippen LogP contribution in [0, 0.1) is 0 Å². The second-order valence-corrected chi connectivity index (χ2v) is 8.68. The molecule has 0 bridgehead atoms. The number of imidazole rings is 1. The number of pyridine rings is 1. The summed E-state index contributed by atoms with van der Waals surface area (Å²) in [7, 11) is 0. The number of hydrogen-bond donors (Lipinski definition) is 4. The third-order valence-electron chi connectivity index (χ3n) is 6.55. The fourth-order valence-corrected chi connectivity index (χ4v) is 4.46. The minimum Gasteiger partial charge on any atom is -0.494 e. The molecule has 5 rings (SSSR count). The first-order valence-corrected chi connectivity index (χ1v) is 12.2. The van der Waals surface area contributed by atoms with Crippen molar-refractivity contribution in [2.45, 2.75) is 13.8 Å². The van der Waals surface area contributed by atoms with Crippen LogP contribution in [0.15, 0.2) is 73.2 Å². The molecule has 0 aliphatic heterocycles. The van der Waals surface area contributed by atoms with E-state index in [0.717, 1.165) is 58.7 Å². The zero-order chi connectivity index (χ0) is 25.1. The van der Waals surface area contributed by atoms with Crippen LogP contribution < -0.4 is 10.6 Å². The van der Waals surface area contributed by atoms with E-state index in [-0.39, 0.29) is 11.8 Å². The maximum absolute atomic E-state index is 12.5. The molecule has 184 valence electrons. The highest BCUT2D eigenvalue weighted by Gasteiger charge is 2.12.